The van der Waals surface area contributed by atoms with Crippen LogP contribution in [0.2, 0.25) is 0 Å². The van der Waals surface area contributed by atoms with Crippen molar-refractivity contribution in [2.24, 2.45) is 5.41 Å². The number of nitrogens with one attached hydrogen (secondary N) is 2. The zero-order chi connectivity index (χ0) is 12.4. The zero-order valence-electron chi connectivity index (χ0n) is 11.3. The van der Waals surface area contributed by atoms with Crippen LogP contribution in [0.1, 0.15) is 44.1 Å². The van der Waals surface area contributed by atoms with E-state index in [0.717, 1.165) is 13.1 Å². The lowest BCUT2D eigenvalue weighted by atomic mass is 9.90. The molecule has 0 amide bonds. The van der Waals surface area contributed by atoms with Crippen LogP contribution in [0.4, 0.5) is 5.69 Å². The molecule has 1 aromatic rings. The van der Waals surface area contributed by atoms with Gasteiger partial charge in [-0.1, -0.05) is 25.1 Å². The van der Waals surface area contributed by atoms with Gasteiger partial charge in [0.2, 0.25) is 0 Å². The summed E-state index contributed by atoms with van der Waals surface area (Å²) >= 11 is 0. The fourth-order valence-corrected chi connectivity index (χ4v) is 3.11. The van der Waals surface area contributed by atoms with Crippen molar-refractivity contribution in [2.75, 3.05) is 25.0 Å². The molecule has 1 aliphatic carbocycles. The average Bonchev–Trinajstić information content (AvgIpc) is 3.20. The quantitative estimate of drug-likeness (QED) is 0.830. The topological polar surface area (TPSA) is 24.1 Å². The van der Waals surface area contributed by atoms with Gasteiger partial charge in [-0.3, -0.25) is 0 Å². The molecule has 2 nitrogen and oxygen atoms in total. The summed E-state index contributed by atoms with van der Waals surface area (Å²) in [4.78, 5) is 0. The van der Waals surface area contributed by atoms with Crippen molar-refractivity contribution >= 4 is 5.69 Å². The second-order valence-electron chi connectivity index (χ2n) is 5.98. The molecule has 0 aromatic heterocycles. The number of hydrogen-bond acceptors (Lipinski definition) is 2. The van der Waals surface area contributed by atoms with Crippen LogP contribution >= 0.6 is 0 Å². The highest BCUT2D eigenvalue weighted by Gasteiger charge is 2.40. The Bertz CT molecular complexity index is 409. The van der Waals surface area contributed by atoms with Gasteiger partial charge in [0.15, 0.2) is 0 Å². The van der Waals surface area contributed by atoms with E-state index in [0.29, 0.717) is 11.3 Å². The van der Waals surface area contributed by atoms with Crippen molar-refractivity contribution in [2.45, 2.75) is 38.5 Å². The Morgan fingerprint density at radius 2 is 2.17 bits per heavy atom. The molecule has 0 spiro atoms. The molecule has 1 aromatic carbocycles. The number of benzene rings is 1. The van der Waals surface area contributed by atoms with Crippen molar-refractivity contribution in [1.82, 2.24) is 5.32 Å². The minimum Gasteiger partial charge on any atom is -0.385 e. The molecule has 3 rings (SSSR count). The lowest BCUT2D eigenvalue weighted by Gasteiger charge is -2.27. The Labute approximate surface area is 110 Å². The summed E-state index contributed by atoms with van der Waals surface area (Å²) in [5.41, 5.74) is 3.50. The van der Waals surface area contributed by atoms with Crippen LogP contribution in [-0.2, 0) is 0 Å². The van der Waals surface area contributed by atoms with Crippen LogP contribution < -0.4 is 10.6 Å². The molecule has 2 N–H and O–H groups in total. The van der Waals surface area contributed by atoms with Gasteiger partial charge in [-0.2, -0.15) is 0 Å². The maximum Gasteiger partial charge on any atom is 0.0376 e. The Morgan fingerprint density at radius 1 is 1.33 bits per heavy atom. The van der Waals surface area contributed by atoms with E-state index in [-0.39, 0.29) is 0 Å². The van der Waals surface area contributed by atoms with E-state index in [1.807, 2.05) is 0 Å². The van der Waals surface area contributed by atoms with E-state index in [9.17, 15) is 0 Å². The largest absolute Gasteiger partial charge is 0.385 e. The minimum atomic E-state index is 0.659. The molecular weight excluding hydrogens is 220 g/mol. The predicted octanol–water partition coefficient (Wildman–Crippen LogP) is 3.37. The van der Waals surface area contributed by atoms with Gasteiger partial charge in [0.1, 0.15) is 0 Å². The fourth-order valence-electron chi connectivity index (χ4n) is 3.11. The van der Waals surface area contributed by atoms with Crippen LogP contribution in [-0.4, -0.2) is 19.6 Å². The third-order valence-electron chi connectivity index (χ3n) is 4.81. The number of para-hydroxylation sites is 1. The molecule has 2 aliphatic rings. The summed E-state index contributed by atoms with van der Waals surface area (Å²) in [5, 5.41) is 7.22. The van der Waals surface area contributed by atoms with Crippen LogP contribution in [0.15, 0.2) is 24.3 Å². The van der Waals surface area contributed by atoms with Crippen molar-refractivity contribution in [1.29, 1.82) is 0 Å². The summed E-state index contributed by atoms with van der Waals surface area (Å²) in [6.07, 6.45) is 5.45. The Balaban J connectivity index is 1.57. The average molecular weight is 244 g/mol. The maximum absolute atomic E-state index is 3.72. The molecule has 1 saturated carbocycles. The van der Waals surface area contributed by atoms with E-state index in [4.69, 9.17) is 0 Å². The van der Waals surface area contributed by atoms with E-state index in [1.165, 1.54) is 43.5 Å². The van der Waals surface area contributed by atoms with Crippen molar-refractivity contribution in [3.63, 3.8) is 0 Å². The highest BCUT2D eigenvalue weighted by Crippen LogP contribution is 2.47. The maximum atomic E-state index is 3.72. The number of rotatable bonds is 5. The zero-order valence-corrected chi connectivity index (χ0v) is 11.3. The first-order valence-corrected chi connectivity index (χ1v) is 7.36. The summed E-state index contributed by atoms with van der Waals surface area (Å²) in [6.45, 7) is 5.80. The van der Waals surface area contributed by atoms with Gasteiger partial charge in [0, 0.05) is 31.2 Å². The van der Waals surface area contributed by atoms with E-state index in [2.05, 4.69) is 41.8 Å². The number of fused-ring (bicyclic) bond motifs is 1. The Morgan fingerprint density at radius 3 is 2.94 bits per heavy atom. The fraction of sp³-hybridized carbons (Fsp3) is 0.625. The number of hydrogen-bond donors (Lipinski definition) is 2. The van der Waals surface area contributed by atoms with Gasteiger partial charge in [0.05, 0.1) is 0 Å². The standard InChI is InChI=1S/C16H24N2/c1-2-16(8-9-16)12-17-11-13-7-10-18-15-6-4-3-5-14(13)15/h3-6,13,17-18H,2,7-12H2,1H3. The Hall–Kier alpha value is -1.02. The summed E-state index contributed by atoms with van der Waals surface area (Å²) in [7, 11) is 0. The SMILES string of the molecule is CCC1(CNCC2CCNc3ccccc32)CC1. The molecule has 1 atom stereocenters. The van der Waals surface area contributed by atoms with Crippen LogP contribution in [0.5, 0.6) is 0 Å². The highest BCUT2D eigenvalue weighted by molar-refractivity contribution is 5.54. The molecule has 1 unspecified atom stereocenters. The second-order valence-corrected chi connectivity index (χ2v) is 5.98. The van der Waals surface area contributed by atoms with Crippen LogP contribution in [0, 0.1) is 5.41 Å². The molecule has 2 heteroatoms. The highest BCUT2D eigenvalue weighted by atomic mass is 14.9. The smallest absolute Gasteiger partial charge is 0.0376 e. The van der Waals surface area contributed by atoms with Gasteiger partial charge in [0.25, 0.3) is 0 Å². The van der Waals surface area contributed by atoms with Crippen LogP contribution in [0.3, 0.4) is 0 Å². The Kier molecular flexibility index (Phi) is 3.29. The molecule has 0 saturated heterocycles. The van der Waals surface area contributed by atoms with Gasteiger partial charge in [-0.25, -0.2) is 0 Å². The van der Waals surface area contributed by atoms with E-state index >= 15 is 0 Å². The van der Waals surface area contributed by atoms with Crippen LogP contribution in [0.25, 0.3) is 0 Å². The first-order valence-electron chi connectivity index (χ1n) is 7.36. The summed E-state index contributed by atoms with van der Waals surface area (Å²) in [5.74, 6) is 0.690. The van der Waals surface area contributed by atoms with Gasteiger partial charge < -0.3 is 10.6 Å². The van der Waals surface area contributed by atoms with Crippen molar-refractivity contribution in [3.8, 4) is 0 Å². The molecule has 1 fully saturated rings. The van der Waals surface area contributed by atoms with Gasteiger partial charge in [-0.05, 0) is 42.7 Å². The second kappa shape index (κ2) is 4.93. The molecule has 0 radical (unpaired) electrons. The van der Waals surface area contributed by atoms with E-state index < -0.39 is 0 Å². The van der Waals surface area contributed by atoms with E-state index in [1.54, 1.807) is 0 Å². The summed E-state index contributed by atoms with van der Waals surface area (Å²) in [6, 6.07) is 8.77. The summed E-state index contributed by atoms with van der Waals surface area (Å²) < 4.78 is 0. The molecule has 1 heterocycles. The first-order chi connectivity index (χ1) is 8.83. The minimum absolute atomic E-state index is 0.659. The van der Waals surface area contributed by atoms with Crippen molar-refractivity contribution in [3.05, 3.63) is 29.8 Å². The number of anilines is 1. The van der Waals surface area contributed by atoms with Gasteiger partial charge in [-0.15, -0.1) is 0 Å². The third kappa shape index (κ3) is 2.39. The molecule has 98 valence electrons. The predicted molar refractivity (Wildman–Crippen MR) is 77.1 cm³/mol. The first kappa shape index (κ1) is 12.0. The monoisotopic (exact) mass is 244 g/mol. The normalized spacial score (nSPS) is 24.2. The lowest BCUT2D eigenvalue weighted by molar-refractivity contribution is 0.427. The molecule has 18 heavy (non-hydrogen) atoms. The van der Waals surface area contributed by atoms with Crippen molar-refractivity contribution < 1.29 is 0 Å². The third-order valence-corrected chi connectivity index (χ3v) is 4.81. The molecule has 1 aliphatic heterocycles. The lowest BCUT2D eigenvalue weighted by Crippen LogP contribution is -2.30. The molecular formula is C16H24N2. The van der Waals surface area contributed by atoms with Gasteiger partial charge >= 0.3 is 0 Å². The molecule has 0 bridgehead atoms.